The van der Waals surface area contributed by atoms with Gasteiger partial charge in [-0.05, 0) is 45.2 Å². The summed E-state index contributed by atoms with van der Waals surface area (Å²) in [6.45, 7) is 3.14. The van der Waals surface area contributed by atoms with Crippen LogP contribution < -0.4 is 15.4 Å². The number of amides is 5. The number of alkyl halides is 1. The van der Waals surface area contributed by atoms with Crippen LogP contribution in [0.5, 0.6) is 5.88 Å². The van der Waals surface area contributed by atoms with Crippen LogP contribution >= 0.6 is 0 Å². The first-order valence-electron chi connectivity index (χ1n) is 16.2. The molecule has 0 spiro atoms. The number of likely N-dealkylation sites (tertiary alicyclic amines) is 1. The molecular weight excluding hydrogens is 645 g/mol. The molecule has 5 amide bonds. The lowest BCUT2D eigenvalue weighted by Crippen LogP contribution is -2.59. The van der Waals surface area contributed by atoms with Crippen molar-refractivity contribution in [1.29, 1.82) is 0 Å². The van der Waals surface area contributed by atoms with Gasteiger partial charge in [0.15, 0.2) is 12.3 Å². The second-order valence-electron chi connectivity index (χ2n) is 11.6. The van der Waals surface area contributed by atoms with E-state index < -0.39 is 67.5 Å². The molecule has 4 rings (SSSR count). The van der Waals surface area contributed by atoms with Gasteiger partial charge in [-0.2, -0.15) is 5.10 Å². The van der Waals surface area contributed by atoms with Crippen LogP contribution in [0.3, 0.4) is 0 Å². The third kappa shape index (κ3) is 9.45. The molecule has 1 aromatic heterocycles. The van der Waals surface area contributed by atoms with E-state index in [1.165, 1.54) is 25.4 Å². The van der Waals surface area contributed by atoms with Crippen LogP contribution in [0.4, 0.5) is 9.18 Å². The van der Waals surface area contributed by atoms with Crippen molar-refractivity contribution in [3.05, 3.63) is 42.1 Å². The average molecular weight is 688 g/mol. The highest BCUT2D eigenvalue weighted by atomic mass is 19.1. The molecule has 16 nitrogen and oxygen atoms in total. The first-order valence-corrected chi connectivity index (χ1v) is 16.2. The van der Waals surface area contributed by atoms with E-state index in [4.69, 9.17) is 9.47 Å². The molecule has 0 bridgehead atoms. The number of aliphatic carboxylic acids is 1. The van der Waals surface area contributed by atoms with Gasteiger partial charge in [-0.15, -0.1) is 0 Å². The minimum absolute atomic E-state index is 0.0275. The molecule has 0 unspecified atom stereocenters. The number of nitrogens with one attached hydrogen (secondary N) is 2. The summed E-state index contributed by atoms with van der Waals surface area (Å²) < 4.78 is 24.8. The summed E-state index contributed by atoms with van der Waals surface area (Å²) in [7, 11) is 0. The van der Waals surface area contributed by atoms with Gasteiger partial charge >= 0.3 is 12.1 Å². The summed E-state index contributed by atoms with van der Waals surface area (Å²) in [5.74, 6) is -3.34. The normalized spacial score (nSPS) is 18.1. The fourth-order valence-corrected chi connectivity index (χ4v) is 5.79. The number of piperazine rings is 1. The van der Waals surface area contributed by atoms with Crippen LogP contribution in [0.2, 0.25) is 0 Å². The number of hydrogen-bond acceptors (Lipinski definition) is 9. The molecule has 2 aliphatic heterocycles. The highest BCUT2D eigenvalue weighted by molar-refractivity contribution is 5.96. The van der Waals surface area contributed by atoms with Crippen LogP contribution in [0.25, 0.3) is 5.69 Å². The van der Waals surface area contributed by atoms with Gasteiger partial charge < -0.3 is 39.9 Å². The number of aromatic nitrogens is 2. The maximum atomic E-state index is 13.6. The number of carboxylic acids is 1. The maximum Gasteiger partial charge on any atom is 0.410 e. The zero-order valence-corrected chi connectivity index (χ0v) is 27.5. The summed E-state index contributed by atoms with van der Waals surface area (Å²) >= 11 is 0. The van der Waals surface area contributed by atoms with Gasteiger partial charge in [0, 0.05) is 51.3 Å². The maximum absolute atomic E-state index is 13.6. The molecule has 2 saturated heterocycles. The first-order chi connectivity index (χ1) is 23.5. The van der Waals surface area contributed by atoms with Crippen LogP contribution in [0.1, 0.15) is 50.0 Å². The number of carboxylic acid groups (broad SMARTS) is 1. The third-order valence-electron chi connectivity index (χ3n) is 8.21. The molecular formula is C32H42FN7O9. The highest BCUT2D eigenvalue weighted by Gasteiger charge is 2.36. The first kappa shape index (κ1) is 36.6. The molecule has 1 aromatic carbocycles. The van der Waals surface area contributed by atoms with E-state index in [0.717, 1.165) is 0 Å². The fraction of sp³-hybridized carbons (Fsp3) is 0.531. The summed E-state index contributed by atoms with van der Waals surface area (Å²) in [6.07, 6.45) is -0.0658. The van der Waals surface area contributed by atoms with Crippen LogP contribution in [-0.4, -0.2) is 136 Å². The van der Waals surface area contributed by atoms with E-state index in [-0.39, 0.29) is 56.8 Å². The molecule has 2 aliphatic rings. The van der Waals surface area contributed by atoms with Crippen LogP contribution in [-0.2, 0) is 23.9 Å². The van der Waals surface area contributed by atoms with Gasteiger partial charge in [0.2, 0.25) is 17.7 Å². The van der Waals surface area contributed by atoms with Crippen molar-refractivity contribution in [2.45, 2.75) is 57.7 Å². The standard InChI is InChI=1S/C32H42FN7O9/c1-3-48-32(47)38-17-16-37(19-21(38)2)31(46)23(11-12-28(42)43)35-29(44)24-18-27(40(36-24)22-8-5-4-6-9-22)49-20-26(41)39-15-7-10-25(39)30(45)34-14-13-33/h4-6,8-9,18,21,23,25H,3,7,10-17,19-20H2,1-2H3,(H,34,45)(H,35,44)(H,42,43)/t21-,23-,25-/m0/s1. The minimum Gasteiger partial charge on any atom is -0.481 e. The fourth-order valence-electron chi connectivity index (χ4n) is 5.79. The van der Waals surface area contributed by atoms with Crippen LogP contribution in [0, 0.1) is 0 Å². The number of carbonyl (C=O) groups is 6. The van der Waals surface area contributed by atoms with E-state index >= 15 is 0 Å². The van der Waals surface area contributed by atoms with Gasteiger partial charge in [-0.1, -0.05) is 18.2 Å². The smallest absolute Gasteiger partial charge is 0.410 e. The summed E-state index contributed by atoms with van der Waals surface area (Å²) in [5, 5.41) is 18.8. The molecule has 2 fully saturated rings. The van der Waals surface area contributed by atoms with Crippen molar-refractivity contribution >= 4 is 35.7 Å². The van der Waals surface area contributed by atoms with Crippen molar-refractivity contribution in [2.75, 3.05) is 52.6 Å². The predicted octanol–water partition coefficient (Wildman–Crippen LogP) is 0.980. The van der Waals surface area contributed by atoms with Crippen molar-refractivity contribution in [2.24, 2.45) is 0 Å². The van der Waals surface area contributed by atoms with E-state index in [1.54, 1.807) is 44.2 Å². The average Bonchev–Trinajstić information content (AvgIpc) is 3.76. The molecule has 17 heteroatoms. The van der Waals surface area contributed by atoms with E-state index in [2.05, 4.69) is 15.7 Å². The van der Waals surface area contributed by atoms with Crippen molar-refractivity contribution in [1.82, 2.24) is 35.1 Å². The van der Waals surface area contributed by atoms with Gasteiger partial charge in [0.05, 0.1) is 12.3 Å². The quantitative estimate of drug-likeness (QED) is 0.258. The monoisotopic (exact) mass is 687 g/mol. The summed E-state index contributed by atoms with van der Waals surface area (Å²) in [6, 6.07) is 7.60. The Kier molecular flexibility index (Phi) is 12.9. The zero-order chi connectivity index (χ0) is 35.5. The summed E-state index contributed by atoms with van der Waals surface area (Å²) in [4.78, 5) is 80.8. The van der Waals surface area contributed by atoms with Crippen molar-refractivity contribution in [3.8, 4) is 11.6 Å². The Morgan fingerprint density at radius 2 is 1.84 bits per heavy atom. The Bertz CT molecular complexity index is 1500. The third-order valence-corrected chi connectivity index (χ3v) is 8.21. The predicted molar refractivity (Wildman–Crippen MR) is 171 cm³/mol. The number of hydrogen-bond donors (Lipinski definition) is 3. The molecule has 49 heavy (non-hydrogen) atoms. The number of benzene rings is 1. The van der Waals surface area contributed by atoms with Gasteiger partial charge in [-0.25, -0.2) is 13.9 Å². The SMILES string of the molecule is CCOC(=O)N1CCN(C(=O)[C@H](CCC(=O)O)NC(=O)c2cc(OCC(=O)N3CCC[C@H]3C(=O)NCCF)n(-c3ccccc3)n2)C[C@@H]1C. The molecule has 0 saturated carbocycles. The molecule has 3 atom stereocenters. The second kappa shape index (κ2) is 17.3. The van der Waals surface area contributed by atoms with Crippen molar-refractivity contribution in [3.63, 3.8) is 0 Å². The number of para-hydroxylation sites is 1. The molecule has 266 valence electrons. The topological polar surface area (TPSA) is 193 Å². The number of carbonyl (C=O) groups excluding carboxylic acids is 5. The number of ether oxygens (including phenoxy) is 2. The lowest BCUT2D eigenvalue weighted by molar-refractivity contribution is -0.140. The lowest BCUT2D eigenvalue weighted by atomic mass is 10.1. The Balaban J connectivity index is 1.50. The van der Waals surface area contributed by atoms with Crippen LogP contribution in [0.15, 0.2) is 36.4 Å². The largest absolute Gasteiger partial charge is 0.481 e. The Morgan fingerprint density at radius 1 is 1.08 bits per heavy atom. The number of rotatable bonds is 14. The molecule has 0 aliphatic carbocycles. The van der Waals surface area contributed by atoms with Gasteiger partial charge in [-0.3, -0.25) is 24.0 Å². The zero-order valence-electron chi connectivity index (χ0n) is 27.5. The highest BCUT2D eigenvalue weighted by Crippen LogP contribution is 2.22. The number of halogens is 1. The molecule has 3 heterocycles. The molecule has 0 radical (unpaired) electrons. The minimum atomic E-state index is -1.21. The second-order valence-corrected chi connectivity index (χ2v) is 11.6. The molecule has 2 aromatic rings. The molecule has 3 N–H and O–H groups in total. The lowest BCUT2D eigenvalue weighted by Gasteiger charge is -2.40. The summed E-state index contributed by atoms with van der Waals surface area (Å²) in [5.41, 5.74) is 0.338. The van der Waals surface area contributed by atoms with E-state index in [9.17, 15) is 38.3 Å². The Hall–Kier alpha value is -5.22. The van der Waals surface area contributed by atoms with E-state index in [1.807, 2.05) is 0 Å². The number of nitrogens with zero attached hydrogens (tertiary/aromatic N) is 5. The van der Waals surface area contributed by atoms with Gasteiger partial charge in [0.1, 0.15) is 18.8 Å². The van der Waals surface area contributed by atoms with Gasteiger partial charge in [0.25, 0.3) is 11.8 Å². The Labute approximate surface area is 282 Å². The Morgan fingerprint density at radius 3 is 2.51 bits per heavy atom. The van der Waals surface area contributed by atoms with Crippen molar-refractivity contribution < 1.29 is 47.7 Å². The van der Waals surface area contributed by atoms with E-state index in [0.29, 0.717) is 25.1 Å².